The van der Waals surface area contributed by atoms with Crippen LogP contribution >= 0.6 is 11.6 Å². The number of hydrogen-bond donors (Lipinski definition) is 2. The van der Waals surface area contributed by atoms with Crippen LogP contribution in [0.3, 0.4) is 0 Å². The number of hydrogen-bond acceptors (Lipinski definition) is 6. The first kappa shape index (κ1) is 23.0. The Morgan fingerprint density at radius 3 is 2.74 bits per heavy atom. The summed E-state index contributed by atoms with van der Waals surface area (Å²) in [6, 6.07) is 6.96. The van der Waals surface area contributed by atoms with Gasteiger partial charge in [-0.3, -0.25) is 15.1 Å². The molecule has 2 N–H and O–H groups in total. The lowest BCUT2D eigenvalue weighted by atomic mass is 10.0. The predicted molar refractivity (Wildman–Crippen MR) is 118 cm³/mol. The summed E-state index contributed by atoms with van der Waals surface area (Å²) in [4.78, 5) is 18.6. The van der Waals surface area contributed by atoms with Gasteiger partial charge in [0, 0.05) is 36.6 Å². The second kappa shape index (κ2) is 10.1. The third-order valence-electron chi connectivity index (χ3n) is 4.89. The van der Waals surface area contributed by atoms with Crippen LogP contribution in [-0.4, -0.2) is 74.4 Å². The van der Waals surface area contributed by atoms with Crippen molar-refractivity contribution in [2.75, 3.05) is 32.4 Å². The number of carbonyl (C=O) groups is 1. The summed E-state index contributed by atoms with van der Waals surface area (Å²) in [6.45, 7) is 1.55. The molecule has 1 aromatic carbocycles. The first-order chi connectivity index (χ1) is 14.8. The van der Waals surface area contributed by atoms with Gasteiger partial charge in [-0.1, -0.05) is 23.7 Å². The van der Waals surface area contributed by atoms with Gasteiger partial charge >= 0.3 is 0 Å². The van der Waals surface area contributed by atoms with Crippen LogP contribution in [0.2, 0.25) is 5.02 Å². The zero-order chi connectivity index (χ0) is 22.4. The Morgan fingerprint density at radius 2 is 2.13 bits per heavy atom. The van der Waals surface area contributed by atoms with E-state index in [4.69, 9.17) is 16.9 Å². The molecule has 0 radical (unpaired) electrons. The minimum Gasteiger partial charge on any atom is -0.332 e. The summed E-state index contributed by atoms with van der Waals surface area (Å²) < 4.78 is 24.7. The Balaban J connectivity index is 1.80. The van der Waals surface area contributed by atoms with E-state index in [0.717, 1.165) is 18.2 Å². The fourth-order valence-corrected chi connectivity index (χ4v) is 4.14. The average Bonchev–Trinajstić information content (AvgIpc) is 3.32. The molecule has 0 aromatic heterocycles. The van der Waals surface area contributed by atoms with E-state index in [-0.39, 0.29) is 24.5 Å². The monoisotopic (exact) mass is 465 g/mol. The van der Waals surface area contributed by atoms with Crippen LogP contribution in [0, 0.1) is 11.5 Å². The fourth-order valence-electron chi connectivity index (χ4n) is 3.49. The molecule has 2 aliphatic rings. The molecule has 10 nitrogen and oxygen atoms in total. The number of rotatable bonds is 7. The Hall–Kier alpha value is -2.68. The number of hydrazone groups is 1. The number of nitrogens with one attached hydrogen (secondary N) is 2. The van der Waals surface area contributed by atoms with Crippen molar-refractivity contribution in [3.63, 3.8) is 0 Å². The molecular formula is C19H24ClN7O3S. The van der Waals surface area contributed by atoms with E-state index in [1.165, 1.54) is 0 Å². The van der Waals surface area contributed by atoms with Crippen molar-refractivity contribution in [1.29, 1.82) is 5.26 Å². The highest BCUT2D eigenvalue weighted by molar-refractivity contribution is 7.88. The fraction of sp³-hybridized carbons (Fsp3) is 0.474. The standard InChI is InChI=1S/C19H24ClN7O3S/c1-31(29,30)24-10-3-9-22-19(23-13-21)27-12-16(26-11-2-4-17(26)28)18(25-27)14-5-7-15(20)8-6-14/h5-8,16,24H,2-4,9-12H2,1H3,(H,22,23). The SMILES string of the molecule is CS(=O)(=O)NCCCN=C(NC#N)N1CC(N2CCCC2=O)C(c2ccc(Cl)cc2)=N1. The van der Waals surface area contributed by atoms with Gasteiger partial charge in [-0.05, 0) is 25.0 Å². The summed E-state index contributed by atoms with van der Waals surface area (Å²) in [5.74, 6) is 0.328. The van der Waals surface area contributed by atoms with Crippen molar-refractivity contribution in [2.24, 2.45) is 10.1 Å². The maximum absolute atomic E-state index is 12.4. The highest BCUT2D eigenvalue weighted by atomic mass is 35.5. The summed E-state index contributed by atoms with van der Waals surface area (Å²) in [5.41, 5.74) is 1.54. The molecule has 0 aliphatic carbocycles. The Bertz CT molecular complexity index is 1020. The summed E-state index contributed by atoms with van der Waals surface area (Å²) in [6.07, 6.45) is 4.72. The number of likely N-dealkylation sites (tertiary alicyclic amines) is 1. The number of nitriles is 1. The minimum atomic E-state index is -3.26. The van der Waals surface area contributed by atoms with Gasteiger partial charge in [-0.15, -0.1) is 0 Å². The Kier molecular flexibility index (Phi) is 7.48. The smallest absolute Gasteiger partial charge is 0.228 e. The molecule has 0 bridgehead atoms. The topological polar surface area (TPSA) is 130 Å². The van der Waals surface area contributed by atoms with Gasteiger partial charge in [-0.2, -0.15) is 10.4 Å². The molecule has 1 fully saturated rings. The third kappa shape index (κ3) is 6.16. The van der Waals surface area contributed by atoms with Crippen LogP contribution in [0.15, 0.2) is 34.4 Å². The first-order valence-corrected chi connectivity index (χ1v) is 12.1. The van der Waals surface area contributed by atoms with Crippen molar-refractivity contribution >= 4 is 39.2 Å². The van der Waals surface area contributed by atoms with Crippen molar-refractivity contribution in [3.05, 3.63) is 34.9 Å². The van der Waals surface area contributed by atoms with Crippen molar-refractivity contribution in [3.8, 4) is 6.19 Å². The molecule has 166 valence electrons. The highest BCUT2D eigenvalue weighted by Crippen LogP contribution is 2.24. The molecule has 1 saturated heterocycles. The number of guanidine groups is 1. The number of amides is 1. The molecule has 31 heavy (non-hydrogen) atoms. The van der Waals surface area contributed by atoms with Gasteiger partial charge in [-0.25, -0.2) is 18.1 Å². The van der Waals surface area contributed by atoms with E-state index in [1.807, 2.05) is 23.2 Å². The number of aliphatic imine (C=N–C) groups is 1. The molecule has 2 heterocycles. The summed E-state index contributed by atoms with van der Waals surface area (Å²) in [5, 5.41) is 18.5. The average molecular weight is 466 g/mol. The van der Waals surface area contributed by atoms with Crippen LogP contribution in [0.1, 0.15) is 24.8 Å². The van der Waals surface area contributed by atoms with Gasteiger partial charge in [0.25, 0.3) is 0 Å². The summed E-state index contributed by atoms with van der Waals surface area (Å²) >= 11 is 6.01. The van der Waals surface area contributed by atoms with Gasteiger partial charge < -0.3 is 4.90 Å². The maximum Gasteiger partial charge on any atom is 0.228 e. The first-order valence-electron chi connectivity index (χ1n) is 9.84. The second-order valence-electron chi connectivity index (χ2n) is 7.24. The van der Waals surface area contributed by atoms with Crippen LogP contribution in [0.25, 0.3) is 0 Å². The molecule has 1 unspecified atom stereocenters. The van der Waals surface area contributed by atoms with E-state index in [1.54, 1.807) is 17.1 Å². The van der Waals surface area contributed by atoms with Crippen LogP contribution in [0.4, 0.5) is 0 Å². The molecule has 0 saturated carbocycles. The maximum atomic E-state index is 12.4. The molecule has 1 aromatic rings. The number of halogens is 1. The van der Waals surface area contributed by atoms with Crippen LogP contribution in [0.5, 0.6) is 0 Å². The molecule has 1 amide bonds. The van der Waals surface area contributed by atoms with Gasteiger partial charge in [0.1, 0.15) is 0 Å². The lowest BCUT2D eigenvalue weighted by Gasteiger charge is -2.25. The molecule has 0 spiro atoms. The minimum absolute atomic E-state index is 0.0760. The lowest BCUT2D eigenvalue weighted by molar-refractivity contribution is -0.128. The number of carbonyl (C=O) groups excluding carboxylic acids is 1. The van der Waals surface area contributed by atoms with E-state index in [0.29, 0.717) is 43.2 Å². The Morgan fingerprint density at radius 1 is 1.39 bits per heavy atom. The molecule has 12 heteroatoms. The lowest BCUT2D eigenvalue weighted by Crippen LogP contribution is -2.45. The van der Waals surface area contributed by atoms with Crippen LogP contribution in [-0.2, 0) is 14.8 Å². The highest BCUT2D eigenvalue weighted by Gasteiger charge is 2.38. The molecule has 3 rings (SSSR count). The van der Waals surface area contributed by atoms with Gasteiger partial charge in [0.05, 0.1) is 24.6 Å². The van der Waals surface area contributed by atoms with Crippen molar-refractivity contribution < 1.29 is 13.2 Å². The van der Waals surface area contributed by atoms with E-state index in [9.17, 15) is 13.2 Å². The predicted octanol–water partition coefficient (Wildman–Crippen LogP) is 0.717. The van der Waals surface area contributed by atoms with Crippen molar-refractivity contribution in [2.45, 2.75) is 25.3 Å². The van der Waals surface area contributed by atoms with E-state index >= 15 is 0 Å². The van der Waals surface area contributed by atoms with E-state index < -0.39 is 10.0 Å². The quantitative estimate of drug-likeness (QED) is 0.200. The molecule has 1 atom stereocenters. The van der Waals surface area contributed by atoms with Crippen LogP contribution < -0.4 is 10.0 Å². The zero-order valence-electron chi connectivity index (χ0n) is 17.1. The zero-order valence-corrected chi connectivity index (χ0v) is 18.7. The summed E-state index contributed by atoms with van der Waals surface area (Å²) in [7, 11) is -3.26. The second-order valence-corrected chi connectivity index (χ2v) is 9.51. The largest absolute Gasteiger partial charge is 0.332 e. The number of nitrogens with zero attached hydrogens (tertiary/aromatic N) is 5. The Labute approximate surface area is 186 Å². The van der Waals surface area contributed by atoms with Crippen molar-refractivity contribution in [1.82, 2.24) is 19.9 Å². The third-order valence-corrected chi connectivity index (χ3v) is 5.87. The normalized spacial score (nSPS) is 19.5. The molecule has 2 aliphatic heterocycles. The van der Waals surface area contributed by atoms with E-state index in [2.05, 4.69) is 20.1 Å². The number of benzene rings is 1. The van der Waals surface area contributed by atoms with Gasteiger partial charge in [0.15, 0.2) is 6.19 Å². The molecular weight excluding hydrogens is 442 g/mol. The van der Waals surface area contributed by atoms with Gasteiger partial charge in [0.2, 0.25) is 21.9 Å². The number of sulfonamides is 1.